The zero-order chi connectivity index (χ0) is 13.3. The summed E-state index contributed by atoms with van der Waals surface area (Å²) in [6.07, 6.45) is 3.14. The largest absolute Gasteiger partial charge is 0.481 e. The molecule has 1 aliphatic carbocycles. The van der Waals surface area contributed by atoms with Crippen LogP contribution in [0.5, 0.6) is 0 Å². The molecule has 98 valence electrons. The first-order valence-electron chi connectivity index (χ1n) is 5.63. The van der Waals surface area contributed by atoms with E-state index in [0.29, 0.717) is 0 Å². The maximum atomic E-state index is 10.8. The molecule has 2 rings (SSSR count). The topological polar surface area (TPSA) is 110 Å². The highest BCUT2D eigenvalue weighted by atomic mass is 16.6. The van der Waals surface area contributed by atoms with Crippen molar-refractivity contribution in [2.75, 3.05) is 5.32 Å². The first kappa shape index (κ1) is 12.3. The summed E-state index contributed by atoms with van der Waals surface area (Å²) in [4.78, 5) is 21.0. The number of carboxylic acid groups (broad SMARTS) is 1. The molecule has 0 radical (unpaired) electrons. The number of aliphatic carboxylic acids is 1. The predicted octanol–water partition coefficient (Wildman–Crippen LogP) is 0.993. The van der Waals surface area contributed by atoms with Crippen molar-refractivity contribution in [1.29, 1.82) is 0 Å². The highest BCUT2D eigenvalue weighted by Crippen LogP contribution is 2.36. The highest BCUT2D eigenvalue weighted by molar-refractivity contribution is 5.69. The molecule has 1 aliphatic rings. The standard InChI is InChI=1S/C10H14N4O4/c1-13-5-8(14(17)18)10(12-13)11-7(4-9(15)16)6-2-3-6/h5-7H,2-4H2,1H3,(H,11,12)(H,15,16). The van der Waals surface area contributed by atoms with E-state index in [2.05, 4.69) is 10.4 Å². The Labute approximate surface area is 103 Å². The van der Waals surface area contributed by atoms with E-state index in [9.17, 15) is 14.9 Å². The molecule has 1 aromatic heterocycles. The third-order valence-corrected chi connectivity index (χ3v) is 2.91. The first-order chi connectivity index (χ1) is 8.47. The minimum Gasteiger partial charge on any atom is -0.481 e. The van der Waals surface area contributed by atoms with Crippen molar-refractivity contribution >= 4 is 17.5 Å². The zero-order valence-corrected chi connectivity index (χ0v) is 9.87. The molecule has 0 aromatic carbocycles. The van der Waals surface area contributed by atoms with Gasteiger partial charge in [-0.25, -0.2) is 0 Å². The molecule has 1 fully saturated rings. The van der Waals surface area contributed by atoms with Crippen molar-refractivity contribution in [2.45, 2.75) is 25.3 Å². The molecule has 0 amide bonds. The molecule has 8 nitrogen and oxygen atoms in total. The number of carboxylic acids is 1. The van der Waals surface area contributed by atoms with E-state index in [-0.39, 0.29) is 29.9 Å². The van der Waals surface area contributed by atoms with Gasteiger partial charge in [0.1, 0.15) is 6.20 Å². The molecule has 1 heterocycles. The van der Waals surface area contributed by atoms with E-state index in [1.807, 2.05) is 0 Å². The van der Waals surface area contributed by atoms with Gasteiger partial charge in [-0.2, -0.15) is 0 Å². The maximum Gasteiger partial charge on any atom is 0.330 e. The minimum absolute atomic E-state index is 0.0571. The van der Waals surface area contributed by atoms with Crippen molar-refractivity contribution in [3.8, 4) is 0 Å². The third-order valence-electron chi connectivity index (χ3n) is 2.91. The number of nitrogens with one attached hydrogen (secondary N) is 1. The average Bonchev–Trinajstić information content (AvgIpc) is 3.02. The van der Waals surface area contributed by atoms with E-state index in [1.165, 1.54) is 10.9 Å². The van der Waals surface area contributed by atoms with Crippen LogP contribution in [-0.2, 0) is 11.8 Å². The Morgan fingerprint density at radius 3 is 2.94 bits per heavy atom. The normalized spacial score (nSPS) is 16.3. The summed E-state index contributed by atoms with van der Waals surface area (Å²) in [6, 6.07) is -0.295. The van der Waals surface area contributed by atoms with Gasteiger partial charge in [-0.05, 0) is 18.8 Å². The van der Waals surface area contributed by atoms with Crippen molar-refractivity contribution in [3.05, 3.63) is 16.3 Å². The molecule has 18 heavy (non-hydrogen) atoms. The van der Waals surface area contributed by atoms with Gasteiger partial charge in [-0.3, -0.25) is 19.6 Å². The van der Waals surface area contributed by atoms with E-state index in [4.69, 9.17) is 5.11 Å². The van der Waals surface area contributed by atoms with Gasteiger partial charge < -0.3 is 10.4 Å². The molecule has 8 heteroatoms. The predicted molar refractivity (Wildman–Crippen MR) is 62.2 cm³/mol. The van der Waals surface area contributed by atoms with Crippen LogP contribution < -0.4 is 5.32 Å². The molecule has 1 saturated carbocycles. The summed E-state index contributed by atoms with van der Waals surface area (Å²) in [6.45, 7) is 0. The van der Waals surface area contributed by atoms with Crippen LogP contribution in [-0.4, -0.2) is 31.8 Å². The van der Waals surface area contributed by atoms with Crippen LogP contribution in [0.4, 0.5) is 11.5 Å². The summed E-state index contributed by atoms with van der Waals surface area (Å²) in [7, 11) is 1.58. The Morgan fingerprint density at radius 1 is 1.78 bits per heavy atom. The molecule has 0 aliphatic heterocycles. The fourth-order valence-corrected chi connectivity index (χ4v) is 1.91. The second-order valence-corrected chi connectivity index (χ2v) is 4.48. The van der Waals surface area contributed by atoms with E-state index >= 15 is 0 Å². The van der Waals surface area contributed by atoms with Crippen LogP contribution in [0, 0.1) is 16.0 Å². The quantitative estimate of drug-likeness (QED) is 0.578. The maximum absolute atomic E-state index is 10.8. The lowest BCUT2D eigenvalue weighted by Gasteiger charge is -2.14. The van der Waals surface area contributed by atoms with Gasteiger partial charge in [0.25, 0.3) is 0 Å². The van der Waals surface area contributed by atoms with Gasteiger partial charge in [0, 0.05) is 13.1 Å². The van der Waals surface area contributed by atoms with Crippen molar-refractivity contribution in [3.63, 3.8) is 0 Å². The van der Waals surface area contributed by atoms with Crippen LogP contribution in [0.15, 0.2) is 6.20 Å². The van der Waals surface area contributed by atoms with Gasteiger partial charge in [0.05, 0.1) is 11.3 Å². The van der Waals surface area contributed by atoms with E-state index in [1.54, 1.807) is 7.05 Å². The van der Waals surface area contributed by atoms with Gasteiger partial charge in [0.2, 0.25) is 5.82 Å². The third kappa shape index (κ3) is 2.76. The van der Waals surface area contributed by atoms with Crippen LogP contribution >= 0.6 is 0 Å². The molecule has 1 aromatic rings. The molecular formula is C10H14N4O4. The van der Waals surface area contributed by atoms with Crippen LogP contribution in [0.3, 0.4) is 0 Å². The summed E-state index contributed by atoms with van der Waals surface area (Å²) >= 11 is 0. The number of nitro groups is 1. The summed E-state index contributed by atoms with van der Waals surface area (Å²) in [5.41, 5.74) is -0.131. The Bertz CT molecular complexity index is 480. The second kappa shape index (κ2) is 4.63. The smallest absolute Gasteiger partial charge is 0.330 e. The fourth-order valence-electron chi connectivity index (χ4n) is 1.91. The second-order valence-electron chi connectivity index (χ2n) is 4.48. The molecule has 2 N–H and O–H groups in total. The van der Waals surface area contributed by atoms with Crippen molar-refractivity contribution in [2.24, 2.45) is 13.0 Å². The summed E-state index contributed by atoms with van der Waals surface area (Å²) in [5, 5.41) is 26.5. The summed E-state index contributed by atoms with van der Waals surface area (Å²) in [5.74, 6) is -0.513. The Kier molecular flexibility index (Phi) is 3.17. The Balaban J connectivity index is 2.15. The first-order valence-corrected chi connectivity index (χ1v) is 5.63. The molecule has 0 saturated heterocycles. The molecule has 1 atom stereocenters. The lowest BCUT2D eigenvalue weighted by atomic mass is 10.1. The lowest BCUT2D eigenvalue weighted by molar-refractivity contribution is -0.384. The molecule has 1 unspecified atom stereocenters. The summed E-state index contributed by atoms with van der Waals surface area (Å²) < 4.78 is 1.34. The SMILES string of the molecule is Cn1cc([N+](=O)[O-])c(NC(CC(=O)O)C2CC2)n1. The number of aromatic nitrogens is 2. The Hall–Kier alpha value is -2.12. The van der Waals surface area contributed by atoms with E-state index < -0.39 is 10.9 Å². The molecular weight excluding hydrogens is 240 g/mol. The van der Waals surface area contributed by atoms with E-state index in [0.717, 1.165) is 12.8 Å². The number of anilines is 1. The van der Waals surface area contributed by atoms with Crippen LogP contribution in [0.1, 0.15) is 19.3 Å². The highest BCUT2D eigenvalue weighted by Gasteiger charge is 2.34. The number of carbonyl (C=O) groups is 1. The van der Waals surface area contributed by atoms with Gasteiger partial charge >= 0.3 is 11.7 Å². The monoisotopic (exact) mass is 254 g/mol. The van der Waals surface area contributed by atoms with Gasteiger partial charge in [-0.1, -0.05) is 0 Å². The number of rotatable bonds is 6. The average molecular weight is 254 g/mol. The number of hydrogen-bond acceptors (Lipinski definition) is 5. The molecule has 0 spiro atoms. The fraction of sp³-hybridized carbons (Fsp3) is 0.600. The number of aryl methyl sites for hydroxylation is 1. The van der Waals surface area contributed by atoms with Crippen LogP contribution in [0.2, 0.25) is 0 Å². The van der Waals surface area contributed by atoms with Crippen LogP contribution in [0.25, 0.3) is 0 Å². The van der Waals surface area contributed by atoms with Gasteiger partial charge in [-0.15, -0.1) is 5.10 Å². The van der Waals surface area contributed by atoms with Crippen molar-refractivity contribution in [1.82, 2.24) is 9.78 Å². The minimum atomic E-state index is -0.919. The Morgan fingerprint density at radius 2 is 2.44 bits per heavy atom. The zero-order valence-electron chi connectivity index (χ0n) is 9.87. The van der Waals surface area contributed by atoms with Crippen molar-refractivity contribution < 1.29 is 14.8 Å². The number of nitrogens with zero attached hydrogens (tertiary/aromatic N) is 3. The molecule has 0 bridgehead atoms. The number of hydrogen-bond donors (Lipinski definition) is 2. The lowest BCUT2D eigenvalue weighted by Crippen LogP contribution is -2.26. The van der Waals surface area contributed by atoms with Gasteiger partial charge in [0.15, 0.2) is 0 Å².